The molecule has 0 bridgehead atoms. The summed E-state index contributed by atoms with van der Waals surface area (Å²) < 4.78 is 5.10. The van der Waals surface area contributed by atoms with Gasteiger partial charge >= 0.3 is 6.03 Å². The van der Waals surface area contributed by atoms with Crippen LogP contribution in [-0.2, 0) is 6.54 Å². The SMILES string of the molecule is COc1ccc(CNC(=O)NC2CC3(CNC3)C2)cc1. The van der Waals surface area contributed by atoms with E-state index in [0.29, 0.717) is 18.0 Å². The molecule has 1 saturated heterocycles. The van der Waals surface area contributed by atoms with Gasteiger partial charge in [-0.1, -0.05) is 12.1 Å². The van der Waals surface area contributed by atoms with Gasteiger partial charge in [-0.15, -0.1) is 0 Å². The number of nitrogens with one attached hydrogen (secondary N) is 3. The molecule has 1 aromatic rings. The fourth-order valence-electron chi connectivity index (χ4n) is 3.02. The molecule has 0 radical (unpaired) electrons. The smallest absolute Gasteiger partial charge is 0.315 e. The lowest BCUT2D eigenvalue weighted by Gasteiger charge is -2.54. The van der Waals surface area contributed by atoms with Crippen molar-refractivity contribution in [3.05, 3.63) is 29.8 Å². The van der Waals surface area contributed by atoms with Crippen molar-refractivity contribution >= 4 is 6.03 Å². The second-order valence-electron chi connectivity index (χ2n) is 5.88. The summed E-state index contributed by atoms with van der Waals surface area (Å²) in [6.07, 6.45) is 2.21. The van der Waals surface area contributed by atoms with Crippen molar-refractivity contribution in [1.29, 1.82) is 0 Å². The van der Waals surface area contributed by atoms with E-state index in [1.807, 2.05) is 24.3 Å². The Bertz CT molecular complexity index is 474. The van der Waals surface area contributed by atoms with Crippen LogP contribution in [0.1, 0.15) is 18.4 Å². The van der Waals surface area contributed by atoms with Gasteiger partial charge in [-0.05, 0) is 36.0 Å². The minimum Gasteiger partial charge on any atom is -0.497 e. The molecular weight excluding hydrogens is 254 g/mol. The number of amides is 2. The minimum absolute atomic E-state index is 0.0760. The molecular formula is C15H21N3O2. The highest BCUT2D eigenvalue weighted by molar-refractivity contribution is 5.74. The van der Waals surface area contributed by atoms with Gasteiger partial charge < -0.3 is 20.7 Å². The number of methoxy groups -OCH3 is 1. The maximum atomic E-state index is 11.8. The Labute approximate surface area is 119 Å². The zero-order chi connectivity index (χ0) is 14.0. The molecule has 2 amide bonds. The van der Waals surface area contributed by atoms with Gasteiger partial charge in [0, 0.05) is 25.7 Å². The Kier molecular flexibility index (Phi) is 3.53. The number of hydrogen-bond acceptors (Lipinski definition) is 3. The van der Waals surface area contributed by atoms with E-state index in [2.05, 4.69) is 16.0 Å². The number of rotatable bonds is 4. The highest BCUT2D eigenvalue weighted by atomic mass is 16.5. The maximum Gasteiger partial charge on any atom is 0.315 e. The van der Waals surface area contributed by atoms with Gasteiger partial charge in [0.2, 0.25) is 0 Å². The Morgan fingerprint density at radius 1 is 1.35 bits per heavy atom. The number of benzene rings is 1. The normalized spacial score (nSPS) is 19.9. The van der Waals surface area contributed by atoms with E-state index in [-0.39, 0.29) is 6.03 Å². The summed E-state index contributed by atoms with van der Waals surface area (Å²) >= 11 is 0. The summed E-state index contributed by atoms with van der Waals surface area (Å²) in [6.45, 7) is 2.76. The summed E-state index contributed by atoms with van der Waals surface area (Å²) in [7, 11) is 1.64. The van der Waals surface area contributed by atoms with Gasteiger partial charge in [0.1, 0.15) is 5.75 Å². The highest BCUT2D eigenvalue weighted by Crippen LogP contribution is 2.43. The molecule has 1 heterocycles. The van der Waals surface area contributed by atoms with E-state index in [4.69, 9.17) is 4.74 Å². The van der Waals surface area contributed by atoms with Crippen LogP contribution in [0.2, 0.25) is 0 Å². The summed E-state index contributed by atoms with van der Waals surface area (Å²) in [5, 5.41) is 9.22. The fourth-order valence-corrected chi connectivity index (χ4v) is 3.02. The van der Waals surface area contributed by atoms with E-state index < -0.39 is 0 Å². The van der Waals surface area contributed by atoms with Crippen LogP contribution in [0.3, 0.4) is 0 Å². The number of carbonyl (C=O) groups excluding carboxylic acids is 1. The molecule has 2 fully saturated rings. The molecule has 20 heavy (non-hydrogen) atoms. The minimum atomic E-state index is -0.0760. The van der Waals surface area contributed by atoms with E-state index >= 15 is 0 Å². The third-order valence-electron chi connectivity index (χ3n) is 4.31. The molecule has 0 aromatic heterocycles. The predicted octanol–water partition coefficient (Wildman–Crippen LogP) is 1.25. The summed E-state index contributed by atoms with van der Waals surface area (Å²) in [5.74, 6) is 0.826. The number of ether oxygens (including phenoxy) is 1. The van der Waals surface area contributed by atoms with Crippen LogP contribution >= 0.6 is 0 Å². The third kappa shape index (κ3) is 2.72. The van der Waals surface area contributed by atoms with Crippen molar-refractivity contribution in [2.24, 2.45) is 5.41 Å². The second-order valence-corrected chi connectivity index (χ2v) is 5.88. The van der Waals surface area contributed by atoms with Crippen molar-refractivity contribution < 1.29 is 9.53 Å². The van der Waals surface area contributed by atoms with Crippen molar-refractivity contribution in [2.75, 3.05) is 20.2 Å². The van der Waals surface area contributed by atoms with Gasteiger partial charge in [-0.3, -0.25) is 0 Å². The van der Waals surface area contributed by atoms with Crippen molar-refractivity contribution in [1.82, 2.24) is 16.0 Å². The number of hydrogen-bond donors (Lipinski definition) is 3. The fraction of sp³-hybridized carbons (Fsp3) is 0.533. The molecule has 3 N–H and O–H groups in total. The molecule has 108 valence electrons. The zero-order valence-electron chi connectivity index (χ0n) is 11.7. The molecule has 1 spiro atoms. The Morgan fingerprint density at radius 2 is 2.05 bits per heavy atom. The molecule has 3 rings (SSSR count). The summed E-state index contributed by atoms with van der Waals surface area (Å²) in [6, 6.07) is 7.97. The topological polar surface area (TPSA) is 62.4 Å². The first kappa shape index (κ1) is 13.2. The van der Waals surface area contributed by atoms with Crippen LogP contribution in [0.5, 0.6) is 5.75 Å². The zero-order valence-corrected chi connectivity index (χ0v) is 11.7. The van der Waals surface area contributed by atoms with Crippen LogP contribution in [-0.4, -0.2) is 32.3 Å². The largest absolute Gasteiger partial charge is 0.497 e. The van der Waals surface area contributed by atoms with Gasteiger partial charge in [-0.25, -0.2) is 4.79 Å². The highest BCUT2D eigenvalue weighted by Gasteiger charge is 2.48. The first-order valence-corrected chi connectivity index (χ1v) is 7.07. The van der Waals surface area contributed by atoms with Crippen LogP contribution in [0.25, 0.3) is 0 Å². The van der Waals surface area contributed by atoms with Crippen LogP contribution < -0.4 is 20.7 Å². The van der Waals surface area contributed by atoms with Crippen LogP contribution in [0.4, 0.5) is 4.79 Å². The van der Waals surface area contributed by atoms with Crippen molar-refractivity contribution in [2.45, 2.75) is 25.4 Å². The van der Waals surface area contributed by atoms with E-state index in [1.54, 1.807) is 7.11 Å². The Balaban J connectivity index is 1.38. The van der Waals surface area contributed by atoms with Gasteiger partial charge in [0.25, 0.3) is 0 Å². The lowest BCUT2D eigenvalue weighted by Crippen LogP contribution is -2.65. The van der Waals surface area contributed by atoms with Crippen LogP contribution in [0, 0.1) is 5.41 Å². The first-order chi connectivity index (χ1) is 9.69. The van der Waals surface area contributed by atoms with Gasteiger partial charge in [0.15, 0.2) is 0 Å². The quantitative estimate of drug-likeness (QED) is 0.775. The molecule has 1 aliphatic heterocycles. The molecule has 1 saturated carbocycles. The third-order valence-corrected chi connectivity index (χ3v) is 4.31. The van der Waals surface area contributed by atoms with Crippen molar-refractivity contribution in [3.63, 3.8) is 0 Å². The lowest BCUT2D eigenvalue weighted by atomic mass is 9.62. The monoisotopic (exact) mass is 275 g/mol. The molecule has 1 aliphatic carbocycles. The second kappa shape index (κ2) is 5.32. The first-order valence-electron chi connectivity index (χ1n) is 7.07. The lowest BCUT2D eigenvalue weighted by molar-refractivity contribution is 0.0281. The summed E-state index contributed by atoms with van der Waals surface area (Å²) in [5.41, 5.74) is 1.56. The Hall–Kier alpha value is -1.75. The van der Waals surface area contributed by atoms with Crippen LogP contribution in [0.15, 0.2) is 24.3 Å². The van der Waals surface area contributed by atoms with E-state index in [0.717, 1.165) is 37.2 Å². The Morgan fingerprint density at radius 3 is 2.60 bits per heavy atom. The molecule has 5 nitrogen and oxygen atoms in total. The van der Waals surface area contributed by atoms with Crippen molar-refractivity contribution in [3.8, 4) is 5.75 Å². The molecule has 1 aromatic carbocycles. The van der Waals surface area contributed by atoms with Gasteiger partial charge in [0.05, 0.1) is 7.11 Å². The predicted molar refractivity (Wildman–Crippen MR) is 76.7 cm³/mol. The number of urea groups is 1. The molecule has 0 unspecified atom stereocenters. The van der Waals surface area contributed by atoms with E-state index in [9.17, 15) is 4.79 Å². The average Bonchev–Trinajstić information content (AvgIpc) is 2.38. The van der Waals surface area contributed by atoms with E-state index in [1.165, 1.54) is 0 Å². The summed E-state index contributed by atoms with van der Waals surface area (Å²) in [4.78, 5) is 11.8. The maximum absolute atomic E-state index is 11.8. The molecule has 0 atom stereocenters. The molecule has 5 heteroatoms. The standard InChI is InChI=1S/C15H21N3O2/c1-20-13-4-2-11(3-5-13)8-17-14(19)18-12-6-15(7-12)9-16-10-15/h2-5,12,16H,6-10H2,1H3,(H2,17,18,19). The molecule has 2 aliphatic rings. The number of carbonyl (C=O) groups is 1. The van der Waals surface area contributed by atoms with Gasteiger partial charge in [-0.2, -0.15) is 0 Å². The average molecular weight is 275 g/mol.